The second-order valence-electron chi connectivity index (χ2n) is 26.9. The van der Waals surface area contributed by atoms with Crippen LogP contribution in [0.3, 0.4) is 0 Å². The van der Waals surface area contributed by atoms with E-state index in [0.29, 0.717) is 117 Å². The molecule has 0 heterocycles. The smallest absolute Gasteiger partial charge is 0.410 e. The van der Waals surface area contributed by atoms with Crippen LogP contribution in [-0.4, -0.2) is 173 Å². The fourth-order valence-corrected chi connectivity index (χ4v) is 11.6. The van der Waals surface area contributed by atoms with Gasteiger partial charge in [0.1, 0.15) is 22.4 Å². The first-order valence-corrected chi connectivity index (χ1v) is 36.1. The van der Waals surface area contributed by atoms with Crippen LogP contribution < -0.4 is 14.8 Å². The zero-order valence-corrected chi connectivity index (χ0v) is 57.6. The first-order chi connectivity index (χ1) is 39.3. The molecule has 0 aliphatic carbocycles. The summed E-state index contributed by atoms with van der Waals surface area (Å²) in [6, 6.07) is 0. The predicted octanol–water partition coefficient (Wildman–Crippen LogP) is 13.9. The molecule has 3 N–H and O–H groups in total. The minimum Gasteiger partial charge on any atom is -0.444 e. The van der Waals surface area contributed by atoms with Crippen molar-refractivity contribution in [2.75, 3.05) is 90.0 Å². The van der Waals surface area contributed by atoms with E-state index in [1.54, 1.807) is 56.2 Å². The second-order valence-corrected chi connectivity index (χ2v) is 30.8. The highest BCUT2D eigenvalue weighted by atomic mass is 32.2. The maximum absolute atomic E-state index is 13.8. The molecule has 0 bridgehead atoms. The zero-order valence-electron chi connectivity index (χ0n) is 56.0. The lowest BCUT2D eigenvalue weighted by Crippen LogP contribution is -2.42. The molecule has 84 heavy (non-hydrogen) atoms. The van der Waals surface area contributed by atoms with Crippen LogP contribution in [-0.2, 0) is 39.0 Å². The van der Waals surface area contributed by atoms with E-state index in [1.165, 1.54) is 77.0 Å². The van der Waals surface area contributed by atoms with E-state index in [1.807, 2.05) is 41.5 Å². The monoisotopic (exact) mass is 1240 g/mol. The third-order valence-corrected chi connectivity index (χ3v) is 16.5. The Morgan fingerprint density at radius 3 is 0.905 bits per heavy atom. The molecule has 0 spiro atoms. The number of hydrogen-bond acceptors (Lipinski definition) is 13. The minimum absolute atomic E-state index is 0.107. The van der Waals surface area contributed by atoms with E-state index in [-0.39, 0.29) is 31.1 Å². The molecule has 0 aromatic carbocycles. The van der Waals surface area contributed by atoms with Crippen molar-refractivity contribution < 1.29 is 55.0 Å². The van der Waals surface area contributed by atoms with Gasteiger partial charge in [0.15, 0.2) is 0 Å². The van der Waals surface area contributed by atoms with E-state index in [9.17, 15) is 36.0 Å². The number of sulfonamides is 2. The van der Waals surface area contributed by atoms with E-state index in [0.717, 1.165) is 38.5 Å². The fraction of sp³-hybridized carbons (Fsp3) is 0.937. The molecule has 0 saturated heterocycles. The van der Waals surface area contributed by atoms with Crippen LogP contribution >= 0.6 is 0 Å². The number of ether oxygens (including phenoxy) is 4. The summed E-state index contributed by atoms with van der Waals surface area (Å²) >= 11 is 0. The zero-order chi connectivity index (χ0) is 63.6. The van der Waals surface area contributed by atoms with Gasteiger partial charge in [-0.1, -0.05) is 129 Å². The molecule has 0 rings (SSSR count). The summed E-state index contributed by atoms with van der Waals surface area (Å²) in [5, 5.41) is 2.74. The highest BCUT2D eigenvalue weighted by Gasteiger charge is 2.27. The minimum atomic E-state index is -3.42. The molecule has 0 aromatic heterocycles. The number of carbonyl (C=O) groups is 4. The van der Waals surface area contributed by atoms with Crippen LogP contribution in [0.15, 0.2) is 0 Å². The van der Waals surface area contributed by atoms with Crippen molar-refractivity contribution in [2.45, 2.75) is 293 Å². The molecule has 0 radical (unpaired) electrons. The van der Waals surface area contributed by atoms with Crippen molar-refractivity contribution in [3.8, 4) is 0 Å². The summed E-state index contributed by atoms with van der Waals surface area (Å²) in [5.41, 5.74) is -2.85. The number of nitrogens with one attached hydrogen (secondary N) is 3. The number of carbonyl (C=O) groups excluding carboxylic acids is 4. The summed E-state index contributed by atoms with van der Waals surface area (Å²) in [6.07, 6.45) is 24.2. The normalized spacial score (nSPS) is 12.6. The molecule has 21 heteroatoms. The Morgan fingerprint density at radius 2 is 0.583 bits per heavy atom. The number of unbranched alkanes of at least 4 members (excludes halogenated alkanes) is 19. The van der Waals surface area contributed by atoms with Gasteiger partial charge >= 0.3 is 24.4 Å². The maximum Gasteiger partial charge on any atom is 0.410 e. The molecule has 0 aliphatic heterocycles. The van der Waals surface area contributed by atoms with Crippen molar-refractivity contribution in [2.24, 2.45) is 0 Å². The van der Waals surface area contributed by atoms with Gasteiger partial charge in [0.25, 0.3) is 0 Å². The number of nitrogens with zero attached hydrogens (tertiary/aromatic N) is 4. The molecule has 0 saturated carbocycles. The lowest BCUT2D eigenvalue weighted by Gasteiger charge is -2.31. The Kier molecular flexibility index (Phi) is 43.5. The number of rotatable bonds is 49. The summed E-state index contributed by atoms with van der Waals surface area (Å²) in [7, 11) is -6.85. The van der Waals surface area contributed by atoms with E-state index in [4.69, 9.17) is 18.9 Å². The van der Waals surface area contributed by atoms with Gasteiger partial charge in [-0.15, -0.1) is 0 Å². The third-order valence-electron chi connectivity index (χ3n) is 13.6. The molecule has 0 aromatic rings. The topological polar surface area (TPSA) is 223 Å². The lowest BCUT2D eigenvalue weighted by atomic mass is 10.1. The first-order valence-electron chi connectivity index (χ1n) is 32.8. The standard InChI is InChI=1S/C63H127N7O12S2/c1-15-17-19-21-23-25-27-29-31-35-54-83(75,76)65-43-38-45-67(46-39-44-66-84(77,78)55-36-32-30-28-26-24-22-20-18-16-2)47-40-51-70(59(74)82-63(12,13)14)53-41-52-69(58(73)81-62(9,10)11)49-34-33-48-68(57(72)80-61(6,7)8)50-37-42-64-56(71)79-60(3,4)5/h65-66H,15-55H2,1-14H3,(H,64,71). The summed E-state index contributed by atoms with van der Waals surface area (Å²) in [5.74, 6) is 0.215. The second kappa shape index (κ2) is 45.2. The van der Waals surface area contributed by atoms with Gasteiger partial charge in [-0.25, -0.2) is 45.5 Å². The van der Waals surface area contributed by atoms with Crippen LogP contribution in [0.1, 0.15) is 270 Å². The molecular formula is C63H127N7O12S2. The van der Waals surface area contributed by atoms with Gasteiger partial charge in [0, 0.05) is 58.9 Å². The fourth-order valence-electron chi connectivity index (χ4n) is 9.28. The number of hydrogen-bond donors (Lipinski definition) is 3. The average molecular weight is 1240 g/mol. The van der Waals surface area contributed by atoms with Gasteiger partial charge in [-0.3, -0.25) is 0 Å². The summed E-state index contributed by atoms with van der Waals surface area (Å²) in [6.45, 7) is 30.7. The number of amides is 4. The summed E-state index contributed by atoms with van der Waals surface area (Å²) < 4.78 is 80.3. The predicted molar refractivity (Wildman–Crippen MR) is 344 cm³/mol. The van der Waals surface area contributed by atoms with Crippen LogP contribution in [0.4, 0.5) is 19.2 Å². The van der Waals surface area contributed by atoms with Crippen LogP contribution in [0.25, 0.3) is 0 Å². The van der Waals surface area contributed by atoms with Crippen molar-refractivity contribution in [1.29, 1.82) is 0 Å². The van der Waals surface area contributed by atoms with Crippen LogP contribution in [0.5, 0.6) is 0 Å². The van der Waals surface area contributed by atoms with Gasteiger partial charge in [-0.05, 0) is 161 Å². The molecule has 0 fully saturated rings. The molecular weight excluding hydrogens is 1110 g/mol. The van der Waals surface area contributed by atoms with Gasteiger partial charge < -0.3 is 43.9 Å². The summed E-state index contributed by atoms with van der Waals surface area (Å²) in [4.78, 5) is 60.1. The van der Waals surface area contributed by atoms with E-state index in [2.05, 4.69) is 33.5 Å². The van der Waals surface area contributed by atoms with E-state index < -0.39 is 66.8 Å². The van der Waals surface area contributed by atoms with Crippen molar-refractivity contribution >= 4 is 44.4 Å². The molecule has 0 atom stereocenters. The lowest BCUT2D eigenvalue weighted by molar-refractivity contribution is 0.0179. The molecule has 4 amide bonds. The highest BCUT2D eigenvalue weighted by Crippen LogP contribution is 2.18. The van der Waals surface area contributed by atoms with Gasteiger partial charge in [-0.2, -0.15) is 0 Å². The van der Waals surface area contributed by atoms with Gasteiger partial charge in [0.2, 0.25) is 20.0 Å². The molecule has 498 valence electrons. The highest BCUT2D eigenvalue weighted by molar-refractivity contribution is 7.89. The van der Waals surface area contributed by atoms with Crippen molar-refractivity contribution in [1.82, 2.24) is 34.4 Å². The molecule has 0 aliphatic rings. The Morgan fingerprint density at radius 1 is 0.321 bits per heavy atom. The first kappa shape index (κ1) is 80.9. The average Bonchev–Trinajstić information content (AvgIpc) is 3.53. The molecule has 19 nitrogen and oxygen atoms in total. The Balaban J connectivity index is 5.90. The Labute approximate surface area is 514 Å². The quantitative estimate of drug-likeness (QED) is 0.0381. The van der Waals surface area contributed by atoms with Crippen LogP contribution in [0.2, 0.25) is 0 Å². The number of alkyl carbamates (subject to hydrolysis) is 1. The third kappa shape index (κ3) is 51.0. The SMILES string of the molecule is CCCCCCCCCCCCS(=O)(=O)NCCCN(CCCNS(=O)(=O)CCCCCCCCCCCC)CCCN(CCCN(CCCCN(CCCNC(=O)OC(C)(C)C)C(=O)OC(C)(C)C)C(=O)OC(C)(C)C)C(=O)OC(C)(C)C. The van der Waals surface area contributed by atoms with Crippen LogP contribution in [0, 0.1) is 0 Å². The van der Waals surface area contributed by atoms with Crippen molar-refractivity contribution in [3.63, 3.8) is 0 Å². The van der Waals surface area contributed by atoms with Crippen molar-refractivity contribution in [3.05, 3.63) is 0 Å². The van der Waals surface area contributed by atoms with E-state index >= 15 is 0 Å². The largest absolute Gasteiger partial charge is 0.444 e. The maximum atomic E-state index is 13.8. The molecule has 0 unspecified atom stereocenters. The van der Waals surface area contributed by atoms with Gasteiger partial charge in [0.05, 0.1) is 11.5 Å². The Hall–Kier alpha value is -3.14. The Bertz CT molecular complexity index is 1890.